The van der Waals surface area contributed by atoms with Gasteiger partial charge in [0.2, 0.25) is 0 Å². The smallest absolute Gasteiger partial charge is 0.0103 e. The van der Waals surface area contributed by atoms with Gasteiger partial charge in [-0.3, -0.25) is 0 Å². The quantitative estimate of drug-likeness (QED) is 0.529. The molecule has 0 radical (unpaired) electrons. The molecule has 0 spiro atoms. The van der Waals surface area contributed by atoms with Crippen molar-refractivity contribution in [3.8, 4) is 0 Å². The molecule has 2 rings (SSSR count). The van der Waals surface area contributed by atoms with Gasteiger partial charge in [0.05, 0.1) is 0 Å². The highest BCUT2D eigenvalue weighted by molar-refractivity contribution is 8.00. The summed E-state index contributed by atoms with van der Waals surface area (Å²) in [4.78, 5) is 0. The molecule has 2 aliphatic carbocycles. The van der Waals surface area contributed by atoms with E-state index in [1.165, 1.54) is 31.4 Å². The molecule has 0 aromatic heterocycles. The fraction of sp³-hybridized carbons (Fsp3) is 1.00. The molecule has 124 valence electrons. The molecule has 2 aliphatic rings. The van der Waals surface area contributed by atoms with Gasteiger partial charge in [0, 0.05) is 4.75 Å². The molecule has 0 aromatic rings. The van der Waals surface area contributed by atoms with Crippen molar-refractivity contribution >= 4 is 11.8 Å². The van der Waals surface area contributed by atoms with E-state index in [0.29, 0.717) is 15.6 Å². The molecule has 1 heteroatoms. The summed E-state index contributed by atoms with van der Waals surface area (Å²) < 4.78 is 0.482. The molecule has 2 saturated carbocycles. The Balaban J connectivity index is 1.65. The van der Waals surface area contributed by atoms with Gasteiger partial charge < -0.3 is 0 Å². The fourth-order valence-corrected chi connectivity index (χ4v) is 5.35. The summed E-state index contributed by atoms with van der Waals surface area (Å²) in [5.41, 5.74) is 1.07. The van der Waals surface area contributed by atoms with Crippen molar-refractivity contribution < 1.29 is 0 Å². The molecule has 0 heterocycles. The Labute approximate surface area is 138 Å². The lowest BCUT2D eigenvalue weighted by atomic mass is 9.88. The summed E-state index contributed by atoms with van der Waals surface area (Å²) in [7, 11) is 0. The molecular weight excluding hydrogens is 272 g/mol. The van der Waals surface area contributed by atoms with Gasteiger partial charge in [-0.25, -0.2) is 0 Å². The van der Waals surface area contributed by atoms with Crippen molar-refractivity contribution in [1.82, 2.24) is 0 Å². The number of hydrogen-bond donors (Lipinski definition) is 0. The van der Waals surface area contributed by atoms with Crippen LogP contribution in [0.15, 0.2) is 0 Å². The van der Waals surface area contributed by atoms with Crippen LogP contribution in [0.5, 0.6) is 0 Å². The molecule has 0 aliphatic heterocycles. The molecule has 0 saturated heterocycles. The van der Waals surface area contributed by atoms with Crippen molar-refractivity contribution in [1.29, 1.82) is 0 Å². The maximum absolute atomic E-state index is 2.47. The van der Waals surface area contributed by atoms with Gasteiger partial charge >= 0.3 is 0 Å². The molecule has 0 nitrogen and oxygen atoms in total. The zero-order valence-corrected chi connectivity index (χ0v) is 16.6. The van der Waals surface area contributed by atoms with Gasteiger partial charge in [-0.05, 0) is 65.9 Å². The summed E-state index contributed by atoms with van der Waals surface area (Å²) in [6.45, 7) is 19.4. The van der Waals surface area contributed by atoms with Crippen molar-refractivity contribution in [2.45, 2.75) is 85.8 Å². The standard InChI is InChI=1S/C20H38S/c1-18(2,3)16-11-14(16)9-10-20(7,8)21-13-15-12-17(15)19(4,5)6/h14-17H,9-13H2,1-8H3. The van der Waals surface area contributed by atoms with Gasteiger partial charge in [-0.15, -0.1) is 0 Å². The first-order valence-corrected chi connectivity index (χ1v) is 10.0. The van der Waals surface area contributed by atoms with E-state index in [-0.39, 0.29) is 0 Å². The first-order chi connectivity index (χ1) is 9.40. The number of hydrogen-bond acceptors (Lipinski definition) is 1. The lowest BCUT2D eigenvalue weighted by Gasteiger charge is -2.26. The second kappa shape index (κ2) is 5.77. The van der Waals surface area contributed by atoms with Crippen molar-refractivity contribution in [2.75, 3.05) is 5.75 Å². The highest BCUT2D eigenvalue weighted by atomic mass is 32.2. The maximum atomic E-state index is 2.47. The van der Waals surface area contributed by atoms with Crippen LogP contribution in [0, 0.1) is 34.5 Å². The average Bonchev–Trinajstić information content (AvgIpc) is 3.14. The van der Waals surface area contributed by atoms with Gasteiger partial charge in [0.15, 0.2) is 0 Å². The molecule has 0 aromatic carbocycles. The fourth-order valence-electron chi connectivity index (χ4n) is 4.06. The molecule has 2 fully saturated rings. The Morgan fingerprint density at radius 3 is 1.67 bits per heavy atom. The van der Waals surface area contributed by atoms with Crippen LogP contribution in [0.2, 0.25) is 0 Å². The minimum absolute atomic E-state index is 0.482. The van der Waals surface area contributed by atoms with Crippen LogP contribution in [0.25, 0.3) is 0 Å². The Kier molecular flexibility index (Phi) is 4.86. The number of thioether (sulfide) groups is 1. The third-order valence-corrected chi connectivity index (χ3v) is 7.46. The van der Waals surface area contributed by atoms with E-state index in [1.54, 1.807) is 0 Å². The second-order valence-electron chi connectivity index (χ2n) is 10.5. The molecule has 0 bridgehead atoms. The number of rotatable bonds is 6. The van der Waals surface area contributed by atoms with Gasteiger partial charge in [0.25, 0.3) is 0 Å². The van der Waals surface area contributed by atoms with Crippen molar-refractivity contribution in [3.05, 3.63) is 0 Å². The van der Waals surface area contributed by atoms with E-state index in [2.05, 4.69) is 67.2 Å². The molecule has 0 N–H and O–H groups in total. The normalized spacial score (nSPS) is 33.1. The van der Waals surface area contributed by atoms with E-state index >= 15 is 0 Å². The SMILES string of the molecule is CC(C)(CCC1CC1C(C)(C)C)SCC1CC1C(C)(C)C. The highest BCUT2D eigenvalue weighted by Crippen LogP contribution is 2.55. The van der Waals surface area contributed by atoms with Crippen LogP contribution in [0.3, 0.4) is 0 Å². The summed E-state index contributed by atoms with van der Waals surface area (Å²) in [6, 6.07) is 0. The Hall–Kier alpha value is 0.350. The minimum atomic E-state index is 0.482. The molecule has 4 atom stereocenters. The van der Waals surface area contributed by atoms with Crippen molar-refractivity contribution in [2.24, 2.45) is 34.5 Å². The molecular formula is C20H38S. The van der Waals surface area contributed by atoms with Crippen LogP contribution < -0.4 is 0 Å². The Morgan fingerprint density at radius 1 is 0.762 bits per heavy atom. The highest BCUT2D eigenvalue weighted by Gasteiger charge is 2.46. The monoisotopic (exact) mass is 310 g/mol. The molecule has 4 unspecified atom stereocenters. The largest absolute Gasteiger partial charge is 0.155 e. The first kappa shape index (κ1) is 17.7. The predicted octanol–water partition coefficient (Wildman–Crippen LogP) is 6.64. The summed E-state index contributed by atoms with van der Waals surface area (Å²) in [5, 5.41) is 0. The Morgan fingerprint density at radius 2 is 1.24 bits per heavy atom. The zero-order chi connectivity index (χ0) is 16.1. The van der Waals surface area contributed by atoms with Gasteiger partial charge in [0.1, 0.15) is 0 Å². The predicted molar refractivity (Wildman–Crippen MR) is 97.9 cm³/mol. The average molecular weight is 311 g/mol. The van der Waals surface area contributed by atoms with Crippen LogP contribution in [-0.4, -0.2) is 10.5 Å². The van der Waals surface area contributed by atoms with Crippen LogP contribution in [0.4, 0.5) is 0 Å². The minimum Gasteiger partial charge on any atom is -0.155 e. The van der Waals surface area contributed by atoms with Gasteiger partial charge in [-0.2, -0.15) is 11.8 Å². The molecule has 21 heavy (non-hydrogen) atoms. The van der Waals surface area contributed by atoms with Crippen LogP contribution in [-0.2, 0) is 0 Å². The first-order valence-electron chi connectivity index (χ1n) is 9.04. The Bertz CT molecular complexity index is 321. The van der Waals surface area contributed by atoms with E-state index in [0.717, 1.165) is 23.7 Å². The van der Waals surface area contributed by atoms with Crippen LogP contribution in [0.1, 0.15) is 81.1 Å². The third-order valence-electron chi connectivity index (χ3n) is 5.88. The van der Waals surface area contributed by atoms with E-state index in [4.69, 9.17) is 0 Å². The van der Waals surface area contributed by atoms with Gasteiger partial charge in [-0.1, -0.05) is 55.4 Å². The van der Waals surface area contributed by atoms with E-state index in [1.807, 2.05) is 0 Å². The maximum Gasteiger partial charge on any atom is 0.0103 e. The third kappa shape index (κ3) is 5.19. The van der Waals surface area contributed by atoms with E-state index in [9.17, 15) is 0 Å². The van der Waals surface area contributed by atoms with Crippen LogP contribution >= 0.6 is 11.8 Å². The summed E-state index contributed by atoms with van der Waals surface area (Å²) >= 11 is 2.25. The van der Waals surface area contributed by atoms with Crippen molar-refractivity contribution in [3.63, 3.8) is 0 Å². The summed E-state index contributed by atoms with van der Waals surface area (Å²) in [5.74, 6) is 5.38. The molecule has 0 amide bonds. The zero-order valence-electron chi connectivity index (χ0n) is 15.8. The lowest BCUT2D eigenvalue weighted by molar-refractivity contribution is 0.322. The second-order valence-corrected chi connectivity index (χ2v) is 12.3. The topological polar surface area (TPSA) is 0 Å². The van der Waals surface area contributed by atoms with E-state index < -0.39 is 0 Å². The summed E-state index contributed by atoms with van der Waals surface area (Å²) in [6.07, 6.45) is 5.82. The lowest BCUT2D eigenvalue weighted by Crippen LogP contribution is -2.18.